The van der Waals surface area contributed by atoms with Gasteiger partial charge in [-0.05, 0) is 25.8 Å². The molecule has 1 aliphatic rings. The molecule has 3 aromatic heterocycles. The predicted molar refractivity (Wildman–Crippen MR) is 84.7 cm³/mol. The van der Waals surface area contributed by atoms with Crippen molar-refractivity contribution in [2.24, 2.45) is 0 Å². The molecule has 0 bridgehead atoms. The summed E-state index contributed by atoms with van der Waals surface area (Å²) >= 11 is 0. The molecule has 8 heteroatoms. The smallest absolute Gasteiger partial charge is 0.259 e. The van der Waals surface area contributed by atoms with Gasteiger partial charge in [0.15, 0.2) is 0 Å². The Bertz CT molecular complexity index is 871. The topological polar surface area (TPSA) is 97.1 Å². The summed E-state index contributed by atoms with van der Waals surface area (Å²) in [4.78, 5) is 25.8. The van der Waals surface area contributed by atoms with Crippen LogP contribution in [0.2, 0.25) is 0 Å². The lowest BCUT2D eigenvalue weighted by Gasteiger charge is -2.32. The Kier molecular flexibility index (Phi) is 3.64. The van der Waals surface area contributed by atoms with Crippen LogP contribution >= 0.6 is 0 Å². The van der Waals surface area contributed by atoms with Crippen molar-refractivity contribution in [1.82, 2.24) is 25.0 Å². The van der Waals surface area contributed by atoms with Crippen LogP contribution in [0, 0.1) is 6.92 Å². The molecule has 0 aromatic carbocycles. The first-order chi connectivity index (χ1) is 11.7. The molecular weight excluding hydrogens is 310 g/mol. The number of likely N-dealkylation sites (tertiary alicyclic amines) is 1. The van der Waals surface area contributed by atoms with E-state index in [0.717, 1.165) is 23.9 Å². The van der Waals surface area contributed by atoms with E-state index in [2.05, 4.69) is 20.1 Å². The van der Waals surface area contributed by atoms with Crippen molar-refractivity contribution in [3.8, 4) is 5.88 Å². The number of aromatic amines is 1. The highest BCUT2D eigenvalue weighted by Crippen LogP contribution is 2.24. The van der Waals surface area contributed by atoms with E-state index in [0.29, 0.717) is 30.3 Å². The highest BCUT2D eigenvalue weighted by atomic mass is 16.5. The quantitative estimate of drug-likeness (QED) is 0.789. The second kappa shape index (κ2) is 5.95. The van der Waals surface area contributed by atoms with E-state index in [1.807, 2.05) is 6.07 Å². The molecule has 1 aliphatic heterocycles. The monoisotopic (exact) mass is 327 g/mol. The van der Waals surface area contributed by atoms with Gasteiger partial charge >= 0.3 is 0 Å². The molecule has 1 atom stereocenters. The number of carbonyl (C=O) groups excluding carboxylic acids is 1. The number of amides is 1. The van der Waals surface area contributed by atoms with E-state index in [9.17, 15) is 4.79 Å². The molecule has 4 rings (SSSR count). The van der Waals surface area contributed by atoms with Gasteiger partial charge in [0, 0.05) is 12.7 Å². The van der Waals surface area contributed by atoms with Crippen LogP contribution in [0.15, 0.2) is 29.3 Å². The van der Waals surface area contributed by atoms with Crippen molar-refractivity contribution in [3.05, 3.63) is 36.1 Å². The maximum absolute atomic E-state index is 12.6. The Balaban J connectivity index is 1.50. The molecule has 1 fully saturated rings. The number of nitrogens with one attached hydrogen (secondary N) is 1. The van der Waals surface area contributed by atoms with Crippen LogP contribution in [0.1, 0.15) is 29.0 Å². The third-order valence-corrected chi connectivity index (χ3v) is 4.24. The number of aryl methyl sites for hydroxylation is 1. The van der Waals surface area contributed by atoms with E-state index in [1.165, 1.54) is 12.5 Å². The standard InChI is InChI=1S/C16H17N5O3/c1-10-13(7-20-24-10)16(22)21-6-2-3-11(8-21)23-15-12-4-5-17-14(12)18-9-19-15/h4-5,7,9,11H,2-3,6,8H2,1H3,(H,17,18,19)/t11-/m1/s1. The largest absolute Gasteiger partial charge is 0.472 e. The number of nitrogens with zero attached hydrogens (tertiary/aromatic N) is 4. The molecular formula is C16H17N5O3. The van der Waals surface area contributed by atoms with E-state index in [4.69, 9.17) is 9.26 Å². The number of hydrogen-bond donors (Lipinski definition) is 1. The van der Waals surface area contributed by atoms with Crippen LogP contribution in [0.5, 0.6) is 5.88 Å². The zero-order valence-corrected chi connectivity index (χ0v) is 13.2. The van der Waals surface area contributed by atoms with Gasteiger partial charge in [-0.3, -0.25) is 4.79 Å². The minimum absolute atomic E-state index is 0.0727. The minimum atomic E-state index is -0.101. The summed E-state index contributed by atoms with van der Waals surface area (Å²) in [5.41, 5.74) is 1.24. The Labute approximate surface area is 137 Å². The lowest BCUT2D eigenvalue weighted by atomic mass is 10.1. The summed E-state index contributed by atoms with van der Waals surface area (Å²) in [5.74, 6) is 1.01. The molecule has 24 heavy (non-hydrogen) atoms. The molecule has 3 aromatic rings. The Morgan fingerprint density at radius 3 is 3.21 bits per heavy atom. The molecule has 1 N–H and O–H groups in total. The molecule has 0 aliphatic carbocycles. The van der Waals surface area contributed by atoms with Gasteiger partial charge in [0.25, 0.3) is 5.91 Å². The molecule has 0 spiro atoms. The molecule has 0 saturated carbocycles. The fourth-order valence-electron chi connectivity index (χ4n) is 2.99. The number of hydrogen-bond acceptors (Lipinski definition) is 6. The van der Waals surface area contributed by atoms with Crippen LogP contribution in [0.4, 0.5) is 0 Å². The fourth-order valence-corrected chi connectivity index (χ4v) is 2.99. The van der Waals surface area contributed by atoms with Gasteiger partial charge in [-0.15, -0.1) is 0 Å². The third-order valence-electron chi connectivity index (χ3n) is 4.24. The number of carbonyl (C=O) groups is 1. The molecule has 8 nitrogen and oxygen atoms in total. The van der Waals surface area contributed by atoms with Gasteiger partial charge in [0.1, 0.15) is 29.4 Å². The number of rotatable bonds is 3. The van der Waals surface area contributed by atoms with E-state index >= 15 is 0 Å². The molecule has 1 saturated heterocycles. The van der Waals surface area contributed by atoms with Crippen molar-refractivity contribution in [1.29, 1.82) is 0 Å². The third kappa shape index (κ3) is 2.60. The number of piperidine rings is 1. The first kappa shape index (κ1) is 14.7. The highest BCUT2D eigenvalue weighted by molar-refractivity contribution is 5.94. The van der Waals surface area contributed by atoms with Crippen molar-refractivity contribution in [2.75, 3.05) is 13.1 Å². The molecule has 0 radical (unpaired) electrons. The summed E-state index contributed by atoms with van der Waals surface area (Å²) in [6.07, 6.45) is 6.40. The summed E-state index contributed by atoms with van der Waals surface area (Å²) in [6, 6.07) is 1.89. The van der Waals surface area contributed by atoms with Crippen LogP contribution in [0.3, 0.4) is 0 Å². The number of H-pyrrole nitrogens is 1. The highest BCUT2D eigenvalue weighted by Gasteiger charge is 2.28. The van der Waals surface area contributed by atoms with Crippen molar-refractivity contribution in [3.63, 3.8) is 0 Å². The fraction of sp³-hybridized carbons (Fsp3) is 0.375. The summed E-state index contributed by atoms with van der Waals surface area (Å²) in [6.45, 7) is 2.95. The van der Waals surface area contributed by atoms with Gasteiger partial charge in [-0.25, -0.2) is 9.97 Å². The van der Waals surface area contributed by atoms with Crippen LogP contribution in [-0.2, 0) is 0 Å². The van der Waals surface area contributed by atoms with Gasteiger partial charge < -0.3 is 19.1 Å². The molecule has 124 valence electrons. The van der Waals surface area contributed by atoms with E-state index in [1.54, 1.807) is 18.0 Å². The maximum Gasteiger partial charge on any atom is 0.259 e. The molecule has 4 heterocycles. The van der Waals surface area contributed by atoms with Crippen molar-refractivity contribution in [2.45, 2.75) is 25.9 Å². The normalized spacial score (nSPS) is 18.0. The Morgan fingerprint density at radius 2 is 2.38 bits per heavy atom. The van der Waals surface area contributed by atoms with Crippen LogP contribution in [0.25, 0.3) is 11.0 Å². The maximum atomic E-state index is 12.6. The van der Waals surface area contributed by atoms with Crippen molar-refractivity contribution >= 4 is 16.9 Å². The summed E-state index contributed by atoms with van der Waals surface area (Å²) < 4.78 is 11.0. The van der Waals surface area contributed by atoms with Crippen molar-refractivity contribution < 1.29 is 14.1 Å². The number of fused-ring (bicyclic) bond motifs is 1. The Hall–Kier alpha value is -2.90. The average Bonchev–Trinajstić information content (AvgIpc) is 3.24. The number of ether oxygens (including phenoxy) is 1. The minimum Gasteiger partial charge on any atom is -0.472 e. The second-order valence-corrected chi connectivity index (χ2v) is 5.85. The van der Waals surface area contributed by atoms with Gasteiger partial charge in [-0.2, -0.15) is 0 Å². The lowest BCUT2D eigenvalue weighted by molar-refractivity contribution is 0.0530. The first-order valence-electron chi connectivity index (χ1n) is 7.87. The SMILES string of the molecule is Cc1oncc1C(=O)N1CCC[C@@H](Oc2ncnc3[nH]ccc23)C1. The van der Waals surface area contributed by atoms with Gasteiger partial charge in [0.2, 0.25) is 5.88 Å². The zero-order chi connectivity index (χ0) is 16.5. The summed E-state index contributed by atoms with van der Waals surface area (Å²) in [7, 11) is 0. The first-order valence-corrected chi connectivity index (χ1v) is 7.87. The average molecular weight is 327 g/mol. The zero-order valence-electron chi connectivity index (χ0n) is 13.2. The van der Waals surface area contributed by atoms with Crippen LogP contribution < -0.4 is 4.74 Å². The molecule has 0 unspecified atom stereocenters. The molecule has 1 amide bonds. The lowest BCUT2D eigenvalue weighted by Crippen LogP contribution is -2.44. The van der Waals surface area contributed by atoms with Gasteiger partial charge in [0.05, 0.1) is 18.1 Å². The summed E-state index contributed by atoms with van der Waals surface area (Å²) in [5, 5.41) is 4.52. The Morgan fingerprint density at radius 1 is 1.46 bits per heavy atom. The number of aromatic nitrogens is 4. The van der Waals surface area contributed by atoms with Crippen LogP contribution in [-0.4, -0.2) is 50.1 Å². The predicted octanol–water partition coefficient (Wildman–Crippen LogP) is 1.94. The van der Waals surface area contributed by atoms with E-state index < -0.39 is 0 Å². The second-order valence-electron chi connectivity index (χ2n) is 5.85. The van der Waals surface area contributed by atoms with E-state index in [-0.39, 0.29) is 12.0 Å². The van der Waals surface area contributed by atoms with Gasteiger partial charge in [-0.1, -0.05) is 5.16 Å².